The molecule has 2 aromatic rings. The van der Waals surface area contributed by atoms with Gasteiger partial charge >= 0.3 is 0 Å². The molecule has 1 aliphatic rings. The van der Waals surface area contributed by atoms with Crippen molar-refractivity contribution in [3.8, 4) is 11.3 Å². The highest BCUT2D eigenvalue weighted by atomic mass is 32.2. The topological polar surface area (TPSA) is 37.0 Å². The summed E-state index contributed by atoms with van der Waals surface area (Å²) in [6.45, 7) is 0. The molecule has 116 valence electrons. The van der Waals surface area contributed by atoms with Gasteiger partial charge in [-0.15, -0.1) is 0 Å². The Morgan fingerprint density at radius 3 is 2.68 bits per heavy atom. The smallest absolute Gasteiger partial charge is 0.0723 e. The molecule has 2 N–H and O–H groups in total. The Morgan fingerprint density at radius 2 is 1.95 bits per heavy atom. The lowest BCUT2D eigenvalue weighted by Crippen LogP contribution is -2.22. The lowest BCUT2D eigenvalue weighted by molar-refractivity contribution is 0.463. The molecule has 1 aliphatic carbocycles. The van der Waals surface area contributed by atoms with Crippen LogP contribution >= 0.6 is 11.9 Å². The van der Waals surface area contributed by atoms with E-state index in [0.29, 0.717) is 6.04 Å². The SMILES string of the molecule is CNSc1ccc(NC2CCCCC2)c(-c2ccccn2)c1. The number of rotatable bonds is 5. The van der Waals surface area contributed by atoms with Crippen molar-refractivity contribution >= 4 is 17.6 Å². The first-order chi connectivity index (χ1) is 10.9. The van der Waals surface area contributed by atoms with Crippen molar-refractivity contribution in [2.45, 2.75) is 43.0 Å². The second-order valence-corrected chi connectivity index (χ2v) is 6.79. The summed E-state index contributed by atoms with van der Waals surface area (Å²) in [5.41, 5.74) is 3.41. The summed E-state index contributed by atoms with van der Waals surface area (Å²) in [6, 6.07) is 13.3. The molecular formula is C18H23N3S. The van der Waals surface area contributed by atoms with Crippen molar-refractivity contribution < 1.29 is 0 Å². The molecule has 1 fully saturated rings. The van der Waals surface area contributed by atoms with Crippen LogP contribution in [0.4, 0.5) is 5.69 Å². The van der Waals surface area contributed by atoms with Crippen LogP contribution in [-0.4, -0.2) is 18.1 Å². The number of nitrogens with one attached hydrogen (secondary N) is 2. The van der Waals surface area contributed by atoms with Gasteiger partial charge in [-0.2, -0.15) is 0 Å². The fourth-order valence-electron chi connectivity index (χ4n) is 3.03. The highest BCUT2D eigenvalue weighted by Gasteiger charge is 2.15. The predicted molar refractivity (Wildman–Crippen MR) is 95.1 cm³/mol. The molecule has 0 bridgehead atoms. The number of hydrogen-bond donors (Lipinski definition) is 2. The Hall–Kier alpha value is -1.52. The van der Waals surface area contributed by atoms with Gasteiger partial charge in [-0.25, -0.2) is 0 Å². The van der Waals surface area contributed by atoms with E-state index < -0.39 is 0 Å². The average Bonchev–Trinajstić information content (AvgIpc) is 2.58. The van der Waals surface area contributed by atoms with Crippen molar-refractivity contribution in [1.82, 2.24) is 9.71 Å². The fraction of sp³-hybridized carbons (Fsp3) is 0.389. The van der Waals surface area contributed by atoms with Crippen LogP contribution in [0.15, 0.2) is 47.5 Å². The van der Waals surface area contributed by atoms with E-state index in [-0.39, 0.29) is 0 Å². The maximum absolute atomic E-state index is 4.53. The minimum Gasteiger partial charge on any atom is -0.382 e. The summed E-state index contributed by atoms with van der Waals surface area (Å²) in [5, 5.41) is 3.75. The molecule has 0 unspecified atom stereocenters. The minimum absolute atomic E-state index is 0.596. The van der Waals surface area contributed by atoms with Crippen LogP contribution in [0.5, 0.6) is 0 Å². The molecule has 4 heteroatoms. The summed E-state index contributed by atoms with van der Waals surface area (Å²) >= 11 is 1.63. The molecule has 3 rings (SSSR count). The first-order valence-electron chi connectivity index (χ1n) is 8.02. The van der Waals surface area contributed by atoms with E-state index in [4.69, 9.17) is 0 Å². The molecule has 0 aliphatic heterocycles. The molecule has 0 atom stereocenters. The maximum Gasteiger partial charge on any atom is 0.0723 e. The quantitative estimate of drug-likeness (QED) is 0.783. The Kier molecular flexibility index (Phi) is 5.35. The fourth-order valence-corrected chi connectivity index (χ4v) is 3.58. The van der Waals surface area contributed by atoms with Crippen molar-refractivity contribution in [1.29, 1.82) is 0 Å². The molecule has 1 aromatic carbocycles. The Labute approximate surface area is 137 Å². The Balaban J connectivity index is 1.90. The first-order valence-corrected chi connectivity index (χ1v) is 8.84. The molecule has 0 saturated heterocycles. The van der Waals surface area contributed by atoms with Gasteiger partial charge in [0, 0.05) is 28.4 Å². The van der Waals surface area contributed by atoms with E-state index in [9.17, 15) is 0 Å². The standard InChI is InChI=1S/C18H23N3S/c1-19-22-15-10-11-18(21-14-7-3-2-4-8-14)16(13-15)17-9-5-6-12-20-17/h5-6,9-14,19,21H,2-4,7-8H2,1H3. The van der Waals surface area contributed by atoms with Crippen molar-refractivity contribution in [2.24, 2.45) is 0 Å². The number of hydrogen-bond acceptors (Lipinski definition) is 4. The molecule has 0 spiro atoms. The highest BCUT2D eigenvalue weighted by molar-refractivity contribution is 7.97. The molecule has 22 heavy (non-hydrogen) atoms. The van der Waals surface area contributed by atoms with Crippen LogP contribution in [0.3, 0.4) is 0 Å². The molecular weight excluding hydrogens is 290 g/mol. The van der Waals surface area contributed by atoms with Crippen molar-refractivity contribution in [3.63, 3.8) is 0 Å². The zero-order valence-corrected chi connectivity index (χ0v) is 13.8. The number of nitrogens with zero attached hydrogens (tertiary/aromatic N) is 1. The van der Waals surface area contributed by atoms with E-state index in [1.165, 1.54) is 48.3 Å². The third-order valence-electron chi connectivity index (χ3n) is 4.12. The number of anilines is 1. The van der Waals surface area contributed by atoms with Gasteiger partial charge in [0.25, 0.3) is 0 Å². The zero-order valence-electron chi connectivity index (χ0n) is 13.0. The molecule has 3 nitrogen and oxygen atoms in total. The third kappa shape index (κ3) is 3.81. The lowest BCUT2D eigenvalue weighted by atomic mass is 9.95. The van der Waals surface area contributed by atoms with Crippen molar-refractivity contribution in [2.75, 3.05) is 12.4 Å². The van der Waals surface area contributed by atoms with E-state index in [2.05, 4.69) is 39.3 Å². The Morgan fingerprint density at radius 1 is 1.09 bits per heavy atom. The zero-order chi connectivity index (χ0) is 15.2. The maximum atomic E-state index is 4.53. The number of benzene rings is 1. The number of aromatic nitrogens is 1. The summed E-state index contributed by atoms with van der Waals surface area (Å²) in [4.78, 5) is 5.74. The van der Waals surface area contributed by atoms with Gasteiger partial charge in [0.1, 0.15) is 0 Å². The average molecular weight is 313 g/mol. The van der Waals surface area contributed by atoms with Gasteiger partial charge in [0.05, 0.1) is 5.69 Å². The molecule has 0 amide bonds. The van der Waals surface area contributed by atoms with Crippen LogP contribution in [0.2, 0.25) is 0 Å². The lowest BCUT2D eigenvalue weighted by Gasteiger charge is -2.25. The molecule has 1 heterocycles. The first kappa shape index (κ1) is 15.4. The van der Waals surface area contributed by atoms with E-state index in [0.717, 1.165) is 5.69 Å². The third-order valence-corrected chi connectivity index (χ3v) is 4.81. The minimum atomic E-state index is 0.596. The second-order valence-electron chi connectivity index (χ2n) is 5.71. The largest absolute Gasteiger partial charge is 0.382 e. The molecule has 0 radical (unpaired) electrons. The van der Waals surface area contributed by atoms with Gasteiger partial charge in [0.2, 0.25) is 0 Å². The van der Waals surface area contributed by atoms with Crippen LogP contribution in [0.25, 0.3) is 11.3 Å². The second kappa shape index (κ2) is 7.65. The predicted octanol–water partition coefficient (Wildman–Crippen LogP) is 4.72. The van der Waals surface area contributed by atoms with E-state index in [1.807, 2.05) is 25.4 Å². The van der Waals surface area contributed by atoms with Gasteiger partial charge in [-0.1, -0.05) is 25.3 Å². The van der Waals surface area contributed by atoms with E-state index in [1.54, 1.807) is 11.9 Å². The highest BCUT2D eigenvalue weighted by Crippen LogP contribution is 2.32. The van der Waals surface area contributed by atoms with Crippen LogP contribution in [-0.2, 0) is 0 Å². The number of pyridine rings is 1. The van der Waals surface area contributed by atoms with Gasteiger partial charge < -0.3 is 5.32 Å². The summed E-state index contributed by atoms with van der Waals surface area (Å²) < 4.78 is 3.14. The van der Waals surface area contributed by atoms with E-state index >= 15 is 0 Å². The van der Waals surface area contributed by atoms with Crippen LogP contribution in [0.1, 0.15) is 32.1 Å². The van der Waals surface area contributed by atoms with Gasteiger partial charge in [-0.05, 0) is 62.2 Å². The van der Waals surface area contributed by atoms with Crippen LogP contribution in [0, 0.1) is 0 Å². The molecule has 1 saturated carbocycles. The summed E-state index contributed by atoms with van der Waals surface area (Å²) in [7, 11) is 1.94. The normalized spacial score (nSPS) is 15.7. The summed E-state index contributed by atoms with van der Waals surface area (Å²) in [6.07, 6.45) is 8.46. The van der Waals surface area contributed by atoms with Gasteiger partial charge in [-0.3, -0.25) is 9.71 Å². The Bertz CT molecular complexity index is 595. The van der Waals surface area contributed by atoms with Gasteiger partial charge in [0.15, 0.2) is 0 Å². The van der Waals surface area contributed by atoms with Crippen LogP contribution < -0.4 is 10.0 Å². The molecule has 1 aromatic heterocycles. The monoisotopic (exact) mass is 313 g/mol. The summed E-state index contributed by atoms with van der Waals surface area (Å²) in [5.74, 6) is 0. The van der Waals surface area contributed by atoms with Crippen molar-refractivity contribution in [3.05, 3.63) is 42.6 Å².